The summed E-state index contributed by atoms with van der Waals surface area (Å²) in [7, 11) is -1.47. The Labute approximate surface area is 294 Å². The summed E-state index contributed by atoms with van der Waals surface area (Å²) in [4.78, 5) is 51.7. The molecular weight excluding hydrogens is 703 g/mol. The summed E-state index contributed by atoms with van der Waals surface area (Å²) in [6, 6.07) is 4.42. The maximum absolute atomic E-state index is 15.7. The van der Waals surface area contributed by atoms with Crippen molar-refractivity contribution in [2.45, 2.75) is 84.0 Å². The zero-order valence-corrected chi connectivity index (χ0v) is 31.4. The standard InChI is InChI=1S/C32H45F4N5O7SSi/c1-20(14-26(42)43)31(5,40-28(49-6)41(29(45)48-30(2,3)4)19-46-12-13-50(7,8)9)22-15-21(10-11-23(22)33)39-27(44)24-16-38-25(17-37-24)47-18-32(34,35)36/h10-11,15-17,20H,12-14,18-19H2,1-9H3,(H,39,44)(H,42,43)/t20-,31+/m1/s1. The largest absolute Gasteiger partial charge is 0.481 e. The van der Waals surface area contributed by atoms with E-state index in [-0.39, 0.29) is 28.8 Å². The molecule has 18 heteroatoms. The number of ether oxygens (including phenoxy) is 3. The Morgan fingerprint density at radius 2 is 1.76 bits per heavy atom. The van der Waals surface area contributed by atoms with Crippen LogP contribution >= 0.6 is 11.8 Å². The lowest BCUT2D eigenvalue weighted by atomic mass is 9.79. The van der Waals surface area contributed by atoms with E-state index < -0.39 is 74.0 Å². The van der Waals surface area contributed by atoms with Crippen LogP contribution in [0.25, 0.3) is 0 Å². The number of rotatable bonds is 14. The van der Waals surface area contributed by atoms with Crippen molar-refractivity contribution in [3.63, 3.8) is 0 Å². The first-order valence-electron chi connectivity index (χ1n) is 15.5. The highest BCUT2D eigenvalue weighted by molar-refractivity contribution is 8.13. The molecule has 0 spiro atoms. The fraction of sp³-hybridized carbons (Fsp3) is 0.562. The highest BCUT2D eigenvalue weighted by Crippen LogP contribution is 2.40. The van der Waals surface area contributed by atoms with Gasteiger partial charge >= 0.3 is 18.2 Å². The molecule has 2 rings (SSSR count). The van der Waals surface area contributed by atoms with E-state index >= 15 is 4.39 Å². The Morgan fingerprint density at radius 1 is 1.10 bits per heavy atom. The molecule has 1 aromatic carbocycles. The van der Waals surface area contributed by atoms with Gasteiger partial charge in [-0.2, -0.15) is 13.2 Å². The summed E-state index contributed by atoms with van der Waals surface area (Å²) < 4.78 is 69.1. The van der Waals surface area contributed by atoms with E-state index in [4.69, 9.17) is 14.5 Å². The maximum atomic E-state index is 15.7. The number of carbonyl (C=O) groups excluding carboxylic acids is 2. The molecule has 0 aliphatic carbocycles. The smallest absolute Gasteiger partial charge is 0.422 e. The molecule has 278 valence electrons. The summed E-state index contributed by atoms with van der Waals surface area (Å²) >= 11 is 1.05. The van der Waals surface area contributed by atoms with Crippen molar-refractivity contribution in [3.05, 3.63) is 47.7 Å². The topological polar surface area (TPSA) is 153 Å². The number of aliphatic carboxylic acids is 1. The average molecular weight is 748 g/mol. The Bertz CT molecular complexity index is 1520. The second-order valence-corrected chi connectivity index (χ2v) is 20.2. The number of nitrogens with zero attached hydrogens (tertiary/aromatic N) is 4. The van der Waals surface area contributed by atoms with E-state index in [2.05, 4.69) is 39.7 Å². The van der Waals surface area contributed by atoms with Crippen LogP contribution in [0.1, 0.15) is 57.1 Å². The number of anilines is 1. The zero-order chi connectivity index (χ0) is 38.1. The Kier molecular flexibility index (Phi) is 14.8. The number of alkyl halides is 3. The third kappa shape index (κ3) is 13.9. The third-order valence-electron chi connectivity index (χ3n) is 7.03. The molecule has 2 aromatic rings. The number of amides is 2. The zero-order valence-electron chi connectivity index (χ0n) is 29.6. The highest BCUT2D eigenvalue weighted by atomic mass is 32.2. The fourth-order valence-electron chi connectivity index (χ4n) is 4.20. The van der Waals surface area contributed by atoms with E-state index in [1.165, 1.54) is 24.0 Å². The number of carboxylic acid groups (broad SMARTS) is 1. The molecule has 0 aliphatic rings. The quantitative estimate of drug-likeness (QED) is 0.0499. The van der Waals surface area contributed by atoms with Crippen LogP contribution in [0.4, 0.5) is 28.0 Å². The molecule has 0 radical (unpaired) electrons. The summed E-state index contributed by atoms with van der Waals surface area (Å²) in [5.74, 6) is -4.07. The lowest BCUT2D eigenvalue weighted by Gasteiger charge is -2.35. The Balaban J connectivity index is 2.55. The number of carbonyl (C=O) groups is 3. The van der Waals surface area contributed by atoms with Gasteiger partial charge in [0.2, 0.25) is 5.88 Å². The third-order valence-corrected chi connectivity index (χ3v) is 9.41. The predicted molar refractivity (Wildman–Crippen MR) is 185 cm³/mol. The van der Waals surface area contributed by atoms with E-state index in [0.717, 1.165) is 36.3 Å². The van der Waals surface area contributed by atoms with Crippen molar-refractivity contribution < 1.29 is 51.3 Å². The summed E-state index contributed by atoms with van der Waals surface area (Å²) in [5, 5.41) is 12.3. The number of hydrogen-bond donors (Lipinski definition) is 2. The van der Waals surface area contributed by atoms with Gasteiger partial charge in [0.05, 0.1) is 24.4 Å². The van der Waals surface area contributed by atoms with Crippen molar-refractivity contribution >= 4 is 48.7 Å². The summed E-state index contributed by atoms with van der Waals surface area (Å²) in [6.07, 6.45) is -2.39. The molecule has 0 aliphatic heterocycles. The van der Waals surface area contributed by atoms with E-state index in [1.54, 1.807) is 34.0 Å². The van der Waals surface area contributed by atoms with Gasteiger partial charge in [0.15, 0.2) is 11.8 Å². The molecule has 12 nitrogen and oxygen atoms in total. The number of aliphatic imine (C=N–C) groups is 1. The van der Waals surface area contributed by atoms with Gasteiger partial charge in [-0.1, -0.05) is 38.3 Å². The summed E-state index contributed by atoms with van der Waals surface area (Å²) in [5.41, 5.74) is -2.81. The minimum absolute atomic E-state index is 0.0685. The van der Waals surface area contributed by atoms with Crippen molar-refractivity contribution in [2.24, 2.45) is 10.9 Å². The molecule has 1 aromatic heterocycles. The highest BCUT2D eigenvalue weighted by Gasteiger charge is 2.39. The van der Waals surface area contributed by atoms with Crippen LogP contribution in [0.2, 0.25) is 25.7 Å². The van der Waals surface area contributed by atoms with Gasteiger partial charge in [-0.3, -0.25) is 14.6 Å². The number of aromatic nitrogens is 2. The molecule has 50 heavy (non-hydrogen) atoms. The van der Waals surface area contributed by atoms with Crippen molar-refractivity contribution in [1.29, 1.82) is 0 Å². The molecule has 2 atom stereocenters. The van der Waals surface area contributed by atoms with Crippen LogP contribution in [-0.4, -0.2) is 89.2 Å². The van der Waals surface area contributed by atoms with Crippen LogP contribution < -0.4 is 10.1 Å². The first-order valence-corrected chi connectivity index (χ1v) is 20.4. The van der Waals surface area contributed by atoms with Crippen LogP contribution in [0.5, 0.6) is 5.88 Å². The minimum Gasteiger partial charge on any atom is -0.481 e. The van der Waals surface area contributed by atoms with E-state index in [9.17, 15) is 32.7 Å². The Hall–Kier alpha value is -3.77. The molecule has 2 amide bonds. The molecule has 2 N–H and O–H groups in total. The number of halogens is 4. The van der Waals surface area contributed by atoms with Crippen LogP contribution in [0.15, 0.2) is 35.6 Å². The molecular formula is C32H45F4N5O7SSi. The van der Waals surface area contributed by atoms with Gasteiger partial charge in [-0.05, 0) is 64.1 Å². The molecule has 0 fully saturated rings. The van der Waals surface area contributed by atoms with E-state index in [1.807, 2.05) is 0 Å². The SMILES string of the molecule is CSC(=N[C@](C)(c1cc(NC(=O)c2cnc(OCC(F)(F)F)cn2)ccc1F)[C@H](C)CC(=O)O)N(COCC[Si](C)(C)C)C(=O)OC(C)(C)C. The first-order chi connectivity index (χ1) is 22.9. The number of benzene rings is 1. The van der Waals surface area contributed by atoms with Crippen LogP contribution in [0.3, 0.4) is 0 Å². The fourth-order valence-corrected chi connectivity index (χ4v) is 5.58. The average Bonchev–Trinajstić information content (AvgIpc) is 2.98. The van der Waals surface area contributed by atoms with Crippen LogP contribution in [-0.2, 0) is 19.8 Å². The lowest BCUT2D eigenvalue weighted by Crippen LogP contribution is -2.43. The number of hydrogen-bond acceptors (Lipinski definition) is 10. The molecule has 0 unspecified atom stereocenters. The van der Waals surface area contributed by atoms with Gasteiger partial charge in [0.25, 0.3) is 5.91 Å². The second kappa shape index (κ2) is 17.4. The molecule has 0 saturated heterocycles. The van der Waals surface area contributed by atoms with Crippen molar-refractivity contribution in [2.75, 3.05) is 31.5 Å². The van der Waals surface area contributed by atoms with Gasteiger partial charge in [-0.25, -0.2) is 24.1 Å². The second-order valence-electron chi connectivity index (χ2n) is 13.8. The number of nitrogens with one attached hydrogen (secondary N) is 1. The van der Waals surface area contributed by atoms with Gasteiger partial charge in [0.1, 0.15) is 23.8 Å². The lowest BCUT2D eigenvalue weighted by molar-refractivity contribution is -0.154. The van der Waals surface area contributed by atoms with Gasteiger partial charge < -0.3 is 24.6 Å². The summed E-state index contributed by atoms with van der Waals surface area (Å²) in [6.45, 7) is 13.3. The number of thioether (sulfide) groups is 1. The monoisotopic (exact) mass is 747 g/mol. The number of amidine groups is 1. The van der Waals surface area contributed by atoms with E-state index in [0.29, 0.717) is 6.61 Å². The van der Waals surface area contributed by atoms with Gasteiger partial charge in [-0.15, -0.1) is 0 Å². The van der Waals surface area contributed by atoms with Crippen LogP contribution in [0, 0.1) is 11.7 Å². The van der Waals surface area contributed by atoms with Crippen molar-refractivity contribution in [1.82, 2.24) is 14.9 Å². The maximum Gasteiger partial charge on any atom is 0.422 e. The molecule has 0 bridgehead atoms. The molecule has 1 heterocycles. The Morgan fingerprint density at radius 3 is 2.28 bits per heavy atom. The normalized spacial score (nSPS) is 14.4. The van der Waals surface area contributed by atoms with Gasteiger partial charge in [0, 0.05) is 25.9 Å². The number of carboxylic acids is 1. The predicted octanol–water partition coefficient (Wildman–Crippen LogP) is 7.40. The first kappa shape index (κ1) is 42.4. The minimum atomic E-state index is -4.59. The van der Waals surface area contributed by atoms with Crippen molar-refractivity contribution in [3.8, 4) is 5.88 Å². The molecule has 0 saturated carbocycles.